The van der Waals surface area contributed by atoms with Crippen LogP contribution in [0, 0.1) is 0 Å². The lowest BCUT2D eigenvalue weighted by Gasteiger charge is -2.16. The third kappa shape index (κ3) is 7.69. The van der Waals surface area contributed by atoms with Gasteiger partial charge >= 0.3 is 0 Å². The van der Waals surface area contributed by atoms with Crippen molar-refractivity contribution in [3.05, 3.63) is 65.0 Å². The number of nitrogens with one attached hydrogen (secondary N) is 1. The van der Waals surface area contributed by atoms with Gasteiger partial charge in [-0.2, -0.15) is 0 Å². The second-order valence-electron chi connectivity index (χ2n) is 6.98. The standard InChI is InChI=1S/C24H32N2O4/c1-4-29-23(30-5-2)14-10-9-13-22(27)19-16-20(15-18-11-7-6-8-12-18)26-21(17-19)24(28)25-3/h6-8,11-12,16-17,23H,4-5,9-10,13-15H2,1-3H3,(H,25,28). The maximum Gasteiger partial charge on any atom is 0.269 e. The van der Waals surface area contributed by atoms with Gasteiger partial charge in [-0.25, -0.2) is 4.98 Å². The lowest BCUT2D eigenvalue weighted by molar-refractivity contribution is -0.140. The monoisotopic (exact) mass is 412 g/mol. The van der Waals surface area contributed by atoms with Crippen LogP contribution in [-0.2, 0) is 15.9 Å². The minimum absolute atomic E-state index is 0.0150. The van der Waals surface area contributed by atoms with Crippen LogP contribution in [0.15, 0.2) is 42.5 Å². The van der Waals surface area contributed by atoms with Crippen molar-refractivity contribution in [2.24, 2.45) is 0 Å². The third-order valence-corrected chi connectivity index (χ3v) is 4.69. The van der Waals surface area contributed by atoms with Crippen LogP contribution in [-0.4, -0.2) is 43.2 Å². The molecule has 0 spiro atoms. The summed E-state index contributed by atoms with van der Waals surface area (Å²) in [5.74, 6) is -0.281. The molecule has 162 valence electrons. The first-order chi connectivity index (χ1) is 14.6. The molecule has 0 saturated heterocycles. The van der Waals surface area contributed by atoms with Crippen LogP contribution < -0.4 is 5.32 Å². The molecule has 0 saturated carbocycles. The smallest absolute Gasteiger partial charge is 0.269 e. The second-order valence-corrected chi connectivity index (χ2v) is 6.98. The predicted octanol–water partition coefficient (Wildman–Crippen LogP) is 4.17. The van der Waals surface area contributed by atoms with Crippen LogP contribution in [0.25, 0.3) is 0 Å². The fourth-order valence-electron chi connectivity index (χ4n) is 3.22. The summed E-state index contributed by atoms with van der Waals surface area (Å²) in [5.41, 5.74) is 2.58. The van der Waals surface area contributed by atoms with Gasteiger partial charge in [-0.3, -0.25) is 9.59 Å². The van der Waals surface area contributed by atoms with Crippen molar-refractivity contribution >= 4 is 11.7 Å². The van der Waals surface area contributed by atoms with Gasteiger partial charge in [-0.15, -0.1) is 0 Å². The molecule has 0 aliphatic rings. The van der Waals surface area contributed by atoms with Gasteiger partial charge in [0, 0.05) is 44.4 Å². The fraction of sp³-hybridized carbons (Fsp3) is 0.458. The highest BCUT2D eigenvalue weighted by molar-refractivity contribution is 5.99. The van der Waals surface area contributed by atoms with Crippen LogP contribution in [0.1, 0.15) is 71.6 Å². The van der Waals surface area contributed by atoms with Crippen molar-refractivity contribution in [3.8, 4) is 0 Å². The number of benzene rings is 1. The second kappa shape index (κ2) is 12.9. The average Bonchev–Trinajstić information content (AvgIpc) is 2.76. The maximum absolute atomic E-state index is 12.8. The van der Waals surface area contributed by atoms with Gasteiger partial charge < -0.3 is 14.8 Å². The summed E-state index contributed by atoms with van der Waals surface area (Å²) in [6, 6.07) is 13.3. The Labute approximate surface area is 179 Å². The maximum atomic E-state index is 12.8. The number of amides is 1. The zero-order valence-corrected chi connectivity index (χ0v) is 18.1. The SMILES string of the molecule is CCOC(CCCCC(=O)c1cc(Cc2ccccc2)nc(C(=O)NC)c1)OCC. The number of ether oxygens (including phenoxy) is 2. The summed E-state index contributed by atoms with van der Waals surface area (Å²) in [6.45, 7) is 5.09. The van der Waals surface area contributed by atoms with Crippen LogP contribution in [0.4, 0.5) is 0 Å². The van der Waals surface area contributed by atoms with E-state index < -0.39 is 0 Å². The highest BCUT2D eigenvalue weighted by atomic mass is 16.7. The van der Waals surface area contributed by atoms with Gasteiger partial charge in [-0.05, 0) is 50.8 Å². The molecule has 2 aromatic rings. The van der Waals surface area contributed by atoms with Gasteiger partial charge in [0.1, 0.15) is 5.69 Å². The number of Topliss-reactive ketones (excluding diaryl/α,β-unsaturated/α-hetero) is 1. The molecule has 30 heavy (non-hydrogen) atoms. The largest absolute Gasteiger partial charge is 0.354 e. The normalized spacial score (nSPS) is 10.9. The molecule has 6 heteroatoms. The van der Waals surface area contributed by atoms with Crippen LogP contribution in [0.5, 0.6) is 0 Å². The van der Waals surface area contributed by atoms with Crippen molar-refractivity contribution in [1.82, 2.24) is 10.3 Å². The Bertz CT molecular complexity index is 802. The first-order valence-corrected chi connectivity index (χ1v) is 10.6. The van der Waals surface area contributed by atoms with Crippen molar-refractivity contribution < 1.29 is 19.1 Å². The van der Waals surface area contributed by atoms with Crippen molar-refractivity contribution in [1.29, 1.82) is 0 Å². The lowest BCUT2D eigenvalue weighted by atomic mass is 10.0. The van der Waals surface area contributed by atoms with E-state index in [9.17, 15) is 9.59 Å². The number of aromatic nitrogens is 1. The topological polar surface area (TPSA) is 77.5 Å². The summed E-state index contributed by atoms with van der Waals surface area (Å²) >= 11 is 0. The molecule has 0 aliphatic heterocycles. The number of hydrogen-bond acceptors (Lipinski definition) is 5. The van der Waals surface area contributed by atoms with Crippen molar-refractivity contribution in [2.45, 2.75) is 52.2 Å². The molecule has 0 fully saturated rings. The molecule has 1 aromatic heterocycles. The summed E-state index contributed by atoms with van der Waals surface area (Å²) < 4.78 is 11.1. The van der Waals surface area contributed by atoms with Gasteiger partial charge in [-0.1, -0.05) is 30.3 Å². The molecule has 0 bridgehead atoms. The highest BCUT2D eigenvalue weighted by Gasteiger charge is 2.15. The first kappa shape index (κ1) is 23.7. The lowest BCUT2D eigenvalue weighted by Crippen LogP contribution is -2.20. The molecule has 1 amide bonds. The molecular formula is C24H32N2O4. The summed E-state index contributed by atoms with van der Waals surface area (Å²) in [7, 11) is 1.56. The summed E-state index contributed by atoms with van der Waals surface area (Å²) in [4.78, 5) is 29.4. The molecular weight excluding hydrogens is 380 g/mol. The van der Waals surface area contributed by atoms with E-state index in [0.717, 1.165) is 24.8 Å². The minimum atomic E-state index is -0.296. The van der Waals surface area contributed by atoms with E-state index >= 15 is 0 Å². The number of unbranched alkanes of at least 4 members (excludes halogenated alkanes) is 1. The van der Waals surface area contributed by atoms with Crippen LogP contribution >= 0.6 is 0 Å². The molecule has 0 atom stereocenters. The number of rotatable bonds is 13. The predicted molar refractivity (Wildman–Crippen MR) is 117 cm³/mol. The quantitative estimate of drug-likeness (QED) is 0.303. The summed E-state index contributed by atoms with van der Waals surface area (Å²) in [5, 5.41) is 2.59. The molecule has 0 unspecified atom stereocenters. The molecule has 1 heterocycles. The number of carbonyl (C=O) groups is 2. The van der Waals surface area contributed by atoms with E-state index in [1.54, 1.807) is 19.2 Å². The third-order valence-electron chi connectivity index (χ3n) is 4.69. The molecule has 2 rings (SSSR count). The van der Waals surface area contributed by atoms with E-state index in [0.29, 0.717) is 37.3 Å². The molecule has 0 radical (unpaired) electrons. The van der Waals surface area contributed by atoms with E-state index in [1.807, 2.05) is 44.2 Å². The highest BCUT2D eigenvalue weighted by Crippen LogP contribution is 2.16. The van der Waals surface area contributed by atoms with Gasteiger partial charge in [0.25, 0.3) is 5.91 Å². The number of carbonyl (C=O) groups excluding carboxylic acids is 2. The molecule has 0 aliphatic carbocycles. The first-order valence-electron chi connectivity index (χ1n) is 10.6. The van der Waals surface area contributed by atoms with Crippen LogP contribution in [0.2, 0.25) is 0 Å². The summed E-state index contributed by atoms with van der Waals surface area (Å²) in [6.07, 6.45) is 3.09. The fourth-order valence-corrected chi connectivity index (χ4v) is 3.22. The van der Waals surface area contributed by atoms with Crippen molar-refractivity contribution in [2.75, 3.05) is 20.3 Å². The number of nitrogens with zero attached hydrogens (tertiary/aromatic N) is 1. The van der Waals surface area contributed by atoms with E-state index in [1.165, 1.54) is 0 Å². The number of pyridine rings is 1. The van der Waals surface area contributed by atoms with E-state index in [-0.39, 0.29) is 23.7 Å². The Hall–Kier alpha value is -2.57. The zero-order chi connectivity index (χ0) is 21.8. The number of ketones is 1. The molecule has 6 nitrogen and oxygen atoms in total. The molecule has 1 N–H and O–H groups in total. The van der Waals surface area contributed by atoms with E-state index in [4.69, 9.17) is 9.47 Å². The van der Waals surface area contributed by atoms with Gasteiger partial charge in [0.05, 0.1) is 0 Å². The van der Waals surface area contributed by atoms with E-state index in [2.05, 4.69) is 10.3 Å². The van der Waals surface area contributed by atoms with Gasteiger partial charge in [0.2, 0.25) is 0 Å². The Kier molecular flexibility index (Phi) is 10.2. The van der Waals surface area contributed by atoms with Crippen LogP contribution in [0.3, 0.4) is 0 Å². The Balaban J connectivity index is 2.04. The average molecular weight is 413 g/mol. The van der Waals surface area contributed by atoms with Gasteiger partial charge in [0.15, 0.2) is 12.1 Å². The minimum Gasteiger partial charge on any atom is -0.354 e. The Morgan fingerprint density at radius 2 is 1.73 bits per heavy atom. The Morgan fingerprint density at radius 3 is 2.37 bits per heavy atom. The molecule has 1 aromatic carbocycles. The number of hydrogen-bond donors (Lipinski definition) is 1. The zero-order valence-electron chi connectivity index (χ0n) is 18.1. The Morgan fingerprint density at radius 1 is 1.03 bits per heavy atom. The van der Waals surface area contributed by atoms with Crippen molar-refractivity contribution in [3.63, 3.8) is 0 Å².